The molecule has 136 valence electrons. The smallest absolute Gasteiger partial charge is 0.277 e. The number of amides is 1. The van der Waals surface area contributed by atoms with Crippen molar-refractivity contribution in [1.82, 2.24) is 4.98 Å². The number of halogens is 1. The lowest BCUT2D eigenvalue weighted by molar-refractivity contribution is -0.394. The lowest BCUT2D eigenvalue weighted by Crippen LogP contribution is -2.12. The Labute approximate surface area is 164 Å². The molecule has 0 bridgehead atoms. The molecule has 0 aliphatic rings. The van der Waals surface area contributed by atoms with Crippen LogP contribution in [-0.4, -0.2) is 20.7 Å². The van der Waals surface area contributed by atoms with Gasteiger partial charge in [0.05, 0.1) is 27.2 Å². The van der Waals surface area contributed by atoms with Crippen molar-refractivity contribution < 1.29 is 14.6 Å². The Morgan fingerprint density at radius 3 is 2.19 bits per heavy atom. The van der Waals surface area contributed by atoms with Crippen molar-refractivity contribution in [2.75, 3.05) is 5.32 Å². The van der Waals surface area contributed by atoms with Crippen molar-refractivity contribution in [2.24, 2.45) is 0 Å². The Kier molecular flexibility index (Phi) is 5.23. The summed E-state index contributed by atoms with van der Waals surface area (Å²) in [6.45, 7) is 0. The van der Waals surface area contributed by atoms with Gasteiger partial charge < -0.3 is 0 Å². The number of carbonyl (C=O) groups is 1. The summed E-state index contributed by atoms with van der Waals surface area (Å²) in [5.41, 5.74) is 0.220. The number of nitro benzene ring substituents is 2. The predicted molar refractivity (Wildman–Crippen MR) is 103 cm³/mol. The number of nitrogens with one attached hydrogen (secondary N) is 1. The topological polar surface area (TPSA) is 128 Å². The Bertz CT molecular complexity index is 1020. The molecule has 0 radical (unpaired) electrons. The molecule has 1 heterocycles. The second-order valence-electron chi connectivity index (χ2n) is 5.25. The Morgan fingerprint density at radius 1 is 1.04 bits per heavy atom. The largest absolute Gasteiger partial charge is 0.298 e. The van der Waals surface area contributed by atoms with E-state index in [4.69, 9.17) is 0 Å². The summed E-state index contributed by atoms with van der Waals surface area (Å²) in [7, 11) is 0. The van der Waals surface area contributed by atoms with Crippen LogP contribution in [-0.2, 0) is 0 Å². The van der Waals surface area contributed by atoms with Crippen LogP contribution in [0.4, 0.5) is 16.5 Å². The lowest BCUT2D eigenvalue weighted by Gasteiger charge is -2.02. The fourth-order valence-corrected chi connectivity index (χ4v) is 3.17. The molecule has 3 aromatic rings. The second kappa shape index (κ2) is 7.60. The van der Waals surface area contributed by atoms with E-state index in [-0.39, 0.29) is 10.7 Å². The molecule has 0 spiro atoms. The number of benzene rings is 2. The van der Waals surface area contributed by atoms with Crippen LogP contribution in [0.1, 0.15) is 10.4 Å². The van der Waals surface area contributed by atoms with E-state index in [1.807, 2.05) is 24.3 Å². The standard InChI is InChI=1S/C16H9BrN4O5S/c17-11-3-1-9(2-4-11)14-8-27-16(18-14)19-15(22)10-5-12(20(23)24)7-13(6-10)21(25)26/h1-8H,(H,18,19,22). The van der Waals surface area contributed by atoms with Gasteiger partial charge in [-0.15, -0.1) is 11.3 Å². The molecule has 0 saturated carbocycles. The Balaban J connectivity index is 1.84. The van der Waals surface area contributed by atoms with E-state index < -0.39 is 27.1 Å². The zero-order valence-corrected chi connectivity index (χ0v) is 15.7. The molecule has 0 unspecified atom stereocenters. The van der Waals surface area contributed by atoms with Gasteiger partial charge in [0, 0.05) is 27.5 Å². The van der Waals surface area contributed by atoms with Gasteiger partial charge in [0.2, 0.25) is 0 Å². The number of nitro groups is 2. The van der Waals surface area contributed by atoms with Gasteiger partial charge in [0.1, 0.15) is 0 Å². The van der Waals surface area contributed by atoms with Crippen LogP contribution in [0.25, 0.3) is 11.3 Å². The normalized spacial score (nSPS) is 10.4. The number of carbonyl (C=O) groups excluding carboxylic acids is 1. The van der Waals surface area contributed by atoms with E-state index in [2.05, 4.69) is 26.2 Å². The minimum atomic E-state index is -0.793. The third-order valence-corrected chi connectivity index (χ3v) is 4.74. The highest BCUT2D eigenvalue weighted by Gasteiger charge is 2.20. The predicted octanol–water partition coefficient (Wildman–Crippen LogP) is 4.64. The van der Waals surface area contributed by atoms with Crippen molar-refractivity contribution in [1.29, 1.82) is 0 Å². The van der Waals surface area contributed by atoms with Gasteiger partial charge >= 0.3 is 0 Å². The highest BCUT2D eigenvalue weighted by atomic mass is 79.9. The van der Waals surface area contributed by atoms with E-state index in [1.54, 1.807) is 5.38 Å². The van der Waals surface area contributed by atoms with Gasteiger partial charge in [-0.1, -0.05) is 28.1 Å². The molecule has 0 fully saturated rings. The van der Waals surface area contributed by atoms with E-state index in [1.165, 1.54) is 11.3 Å². The Hall–Kier alpha value is -3.18. The molecule has 27 heavy (non-hydrogen) atoms. The average Bonchev–Trinajstić information content (AvgIpc) is 3.10. The minimum absolute atomic E-state index is 0.198. The van der Waals surface area contributed by atoms with Crippen LogP contribution in [0.2, 0.25) is 0 Å². The van der Waals surface area contributed by atoms with Crippen molar-refractivity contribution in [3.8, 4) is 11.3 Å². The first-order valence-corrected chi connectivity index (χ1v) is 8.97. The quantitative estimate of drug-likeness (QED) is 0.446. The van der Waals surface area contributed by atoms with Crippen LogP contribution in [0, 0.1) is 20.2 Å². The molecule has 2 aromatic carbocycles. The van der Waals surface area contributed by atoms with Crippen LogP contribution in [0.15, 0.2) is 52.3 Å². The highest BCUT2D eigenvalue weighted by molar-refractivity contribution is 9.10. The molecule has 1 amide bonds. The molecular weight excluding hydrogens is 440 g/mol. The first-order chi connectivity index (χ1) is 12.8. The molecular formula is C16H9BrN4O5S. The van der Waals surface area contributed by atoms with E-state index in [0.29, 0.717) is 5.69 Å². The third-order valence-electron chi connectivity index (χ3n) is 3.45. The summed E-state index contributed by atoms with van der Waals surface area (Å²) in [6.07, 6.45) is 0. The number of hydrogen-bond acceptors (Lipinski definition) is 7. The molecule has 9 nitrogen and oxygen atoms in total. The summed E-state index contributed by atoms with van der Waals surface area (Å²) in [6, 6.07) is 10.2. The molecule has 0 aliphatic carbocycles. The molecule has 0 aliphatic heterocycles. The average molecular weight is 449 g/mol. The number of non-ortho nitro benzene ring substituents is 2. The van der Waals surface area contributed by atoms with Crippen molar-refractivity contribution in [3.63, 3.8) is 0 Å². The Morgan fingerprint density at radius 2 is 1.63 bits per heavy atom. The summed E-state index contributed by atoms with van der Waals surface area (Å²) in [5, 5.41) is 26.4. The first-order valence-electron chi connectivity index (χ1n) is 7.30. The van der Waals surface area contributed by atoms with Crippen molar-refractivity contribution in [3.05, 3.63) is 78.1 Å². The summed E-state index contributed by atoms with van der Waals surface area (Å²) >= 11 is 4.51. The fourth-order valence-electron chi connectivity index (χ4n) is 2.19. The van der Waals surface area contributed by atoms with Crippen molar-refractivity contribution in [2.45, 2.75) is 0 Å². The highest BCUT2D eigenvalue weighted by Crippen LogP contribution is 2.27. The minimum Gasteiger partial charge on any atom is -0.298 e. The number of rotatable bonds is 5. The molecule has 1 aromatic heterocycles. The maximum absolute atomic E-state index is 12.4. The first kappa shape index (κ1) is 18.6. The number of nitrogens with zero attached hydrogens (tertiary/aromatic N) is 3. The molecule has 1 N–H and O–H groups in total. The maximum atomic E-state index is 12.4. The van der Waals surface area contributed by atoms with Gasteiger partial charge in [-0.2, -0.15) is 0 Å². The lowest BCUT2D eigenvalue weighted by atomic mass is 10.1. The van der Waals surface area contributed by atoms with Crippen LogP contribution in [0.3, 0.4) is 0 Å². The SMILES string of the molecule is O=C(Nc1nc(-c2ccc(Br)cc2)cs1)c1cc([N+](=O)[O-])cc([N+](=O)[O-])c1. The van der Waals surface area contributed by atoms with Gasteiger partial charge in [-0.3, -0.25) is 30.3 Å². The monoisotopic (exact) mass is 448 g/mol. The van der Waals surface area contributed by atoms with Crippen LogP contribution >= 0.6 is 27.3 Å². The fraction of sp³-hybridized carbons (Fsp3) is 0. The van der Waals surface area contributed by atoms with E-state index >= 15 is 0 Å². The third kappa shape index (κ3) is 4.33. The number of hydrogen-bond donors (Lipinski definition) is 1. The molecule has 0 atom stereocenters. The van der Waals surface area contributed by atoms with E-state index in [0.717, 1.165) is 28.2 Å². The molecule has 3 rings (SSSR count). The summed E-state index contributed by atoms with van der Waals surface area (Å²) in [5.74, 6) is -0.724. The van der Waals surface area contributed by atoms with E-state index in [9.17, 15) is 25.0 Å². The van der Waals surface area contributed by atoms with Crippen molar-refractivity contribution >= 4 is 49.7 Å². The zero-order chi connectivity index (χ0) is 19.6. The van der Waals surface area contributed by atoms with Gasteiger partial charge in [-0.05, 0) is 12.1 Å². The number of aromatic nitrogens is 1. The van der Waals surface area contributed by atoms with Crippen LogP contribution < -0.4 is 5.32 Å². The number of thiazole rings is 1. The second-order valence-corrected chi connectivity index (χ2v) is 7.02. The van der Waals surface area contributed by atoms with Gasteiger partial charge in [-0.25, -0.2) is 4.98 Å². The number of anilines is 1. The summed E-state index contributed by atoms with van der Waals surface area (Å²) < 4.78 is 0.919. The molecule has 11 heteroatoms. The van der Waals surface area contributed by atoms with Gasteiger partial charge in [0.25, 0.3) is 17.3 Å². The van der Waals surface area contributed by atoms with Crippen LogP contribution in [0.5, 0.6) is 0 Å². The summed E-state index contributed by atoms with van der Waals surface area (Å²) in [4.78, 5) is 36.9. The van der Waals surface area contributed by atoms with Gasteiger partial charge in [0.15, 0.2) is 5.13 Å². The zero-order valence-electron chi connectivity index (χ0n) is 13.3. The maximum Gasteiger partial charge on any atom is 0.277 e. The molecule has 0 saturated heterocycles.